The Balaban J connectivity index is 2.36. The van der Waals surface area contributed by atoms with Crippen molar-refractivity contribution in [2.24, 2.45) is 0 Å². The molecule has 1 heterocycles. The Morgan fingerprint density at radius 3 is 2.33 bits per heavy atom. The number of nitrogens with zero attached hydrogens (tertiary/aromatic N) is 2. The lowest BCUT2D eigenvalue weighted by molar-refractivity contribution is 1.06. The Labute approximate surface area is 116 Å². The van der Waals surface area contributed by atoms with Gasteiger partial charge in [0.2, 0.25) is 0 Å². The molecule has 94 valence electrons. The second-order valence-electron chi connectivity index (χ2n) is 4.16. The predicted molar refractivity (Wildman–Crippen MR) is 76.0 cm³/mol. The van der Waals surface area contributed by atoms with Crippen LogP contribution in [0.15, 0.2) is 18.2 Å². The topological polar surface area (TPSA) is 37.8 Å². The van der Waals surface area contributed by atoms with Crippen molar-refractivity contribution >= 4 is 34.7 Å². The molecule has 3 nitrogen and oxygen atoms in total. The fourth-order valence-corrected chi connectivity index (χ4v) is 2.09. The molecule has 2 aromatic rings. The van der Waals surface area contributed by atoms with Crippen molar-refractivity contribution in [2.75, 3.05) is 5.32 Å². The number of anilines is 2. The van der Waals surface area contributed by atoms with E-state index in [9.17, 15) is 0 Å². The smallest absolute Gasteiger partial charge is 0.135 e. The summed E-state index contributed by atoms with van der Waals surface area (Å²) in [7, 11) is 0. The van der Waals surface area contributed by atoms with E-state index in [4.69, 9.17) is 23.2 Å². The van der Waals surface area contributed by atoms with Crippen molar-refractivity contribution < 1.29 is 0 Å². The van der Waals surface area contributed by atoms with E-state index in [0.29, 0.717) is 16.8 Å². The quantitative estimate of drug-likeness (QED) is 0.827. The molecule has 18 heavy (non-hydrogen) atoms. The first-order valence-corrected chi connectivity index (χ1v) is 6.26. The van der Waals surface area contributed by atoms with Crippen LogP contribution in [0.4, 0.5) is 11.5 Å². The van der Waals surface area contributed by atoms with Gasteiger partial charge in [0.25, 0.3) is 0 Å². The van der Waals surface area contributed by atoms with Crippen LogP contribution in [0, 0.1) is 20.8 Å². The average Bonchev–Trinajstić information content (AvgIpc) is 2.24. The van der Waals surface area contributed by atoms with Crippen LogP contribution in [0.5, 0.6) is 0 Å². The van der Waals surface area contributed by atoms with E-state index in [0.717, 1.165) is 21.8 Å². The van der Waals surface area contributed by atoms with E-state index in [2.05, 4.69) is 15.3 Å². The van der Waals surface area contributed by atoms with E-state index in [1.165, 1.54) is 0 Å². The van der Waals surface area contributed by atoms with Gasteiger partial charge in [0, 0.05) is 16.8 Å². The van der Waals surface area contributed by atoms with E-state index >= 15 is 0 Å². The Bertz CT molecular complexity index is 577. The van der Waals surface area contributed by atoms with Crippen LogP contribution in [-0.4, -0.2) is 9.97 Å². The summed E-state index contributed by atoms with van der Waals surface area (Å²) >= 11 is 12.0. The normalized spacial score (nSPS) is 10.5. The van der Waals surface area contributed by atoms with Crippen LogP contribution in [0.2, 0.25) is 10.2 Å². The first-order valence-electron chi connectivity index (χ1n) is 5.50. The molecule has 2 rings (SSSR count). The highest BCUT2D eigenvalue weighted by Gasteiger charge is 2.05. The van der Waals surface area contributed by atoms with Gasteiger partial charge in [-0.15, -0.1) is 0 Å². The SMILES string of the molecule is Cc1nc(Cl)cc(Nc2cc(C)c(Cl)cc2C)n1. The zero-order valence-corrected chi connectivity index (χ0v) is 11.9. The molecule has 5 heteroatoms. The van der Waals surface area contributed by atoms with Gasteiger partial charge >= 0.3 is 0 Å². The first kappa shape index (κ1) is 13.1. The van der Waals surface area contributed by atoms with Gasteiger partial charge in [-0.2, -0.15) is 0 Å². The molecule has 0 saturated carbocycles. The maximum absolute atomic E-state index is 6.06. The zero-order chi connectivity index (χ0) is 13.3. The van der Waals surface area contributed by atoms with Gasteiger partial charge in [-0.25, -0.2) is 9.97 Å². The molecule has 0 atom stereocenters. The highest BCUT2D eigenvalue weighted by Crippen LogP contribution is 2.26. The van der Waals surface area contributed by atoms with Gasteiger partial charge in [0.1, 0.15) is 16.8 Å². The van der Waals surface area contributed by atoms with Gasteiger partial charge in [-0.1, -0.05) is 23.2 Å². The molecule has 0 bridgehead atoms. The Hall–Kier alpha value is -1.32. The summed E-state index contributed by atoms with van der Waals surface area (Å²) in [5, 5.41) is 4.41. The number of aromatic nitrogens is 2. The summed E-state index contributed by atoms with van der Waals surface area (Å²) in [6.07, 6.45) is 0. The summed E-state index contributed by atoms with van der Waals surface area (Å²) in [5.74, 6) is 1.31. The third-order valence-corrected chi connectivity index (χ3v) is 3.18. The number of aryl methyl sites for hydroxylation is 3. The largest absolute Gasteiger partial charge is 0.340 e. The highest BCUT2D eigenvalue weighted by molar-refractivity contribution is 6.31. The lowest BCUT2D eigenvalue weighted by atomic mass is 10.1. The first-order chi connectivity index (χ1) is 8.45. The van der Waals surface area contributed by atoms with Crippen molar-refractivity contribution in [3.8, 4) is 0 Å². The third-order valence-electron chi connectivity index (χ3n) is 2.58. The van der Waals surface area contributed by atoms with Crippen LogP contribution >= 0.6 is 23.2 Å². The van der Waals surface area contributed by atoms with Crippen molar-refractivity contribution in [2.45, 2.75) is 20.8 Å². The molecule has 0 aliphatic rings. The predicted octanol–water partition coefficient (Wildman–Crippen LogP) is 4.45. The molecule has 0 aliphatic carbocycles. The average molecular weight is 282 g/mol. The molecule has 0 spiro atoms. The van der Waals surface area contributed by atoms with E-state index in [1.54, 1.807) is 13.0 Å². The van der Waals surface area contributed by atoms with Crippen molar-refractivity contribution in [1.29, 1.82) is 0 Å². The van der Waals surface area contributed by atoms with Crippen LogP contribution in [0.1, 0.15) is 17.0 Å². The van der Waals surface area contributed by atoms with Crippen molar-refractivity contribution in [1.82, 2.24) is 9.97 Å². The highest BCUT2D eigenvalue weighted by atomic mass is 35.5. The van der Waals surface area contributed by atoms with Gasteiger partial charge in [-0.3, -0.25) is 0 Å². The lowest BCUT2D eigenvalue weighted by Gasteiger charge is -2.11. The molecule has 0 unspecified atom stereocenters. The summed E-state index contributed by atoms with van der Waals surface area (Å²) in [6.45, 7) is 5.76. The maximum Gasteiger partial charge on any atom is 0.135 e. The molecule has 0 radical (unpaired) electrons. The van der Waals surface area contributed by atoms with Crippen molar-refractivity contribution in [3.05, 3.63) is 45.3 Å². The standard InChI is InChI=1S/C13H13Cl2N3/c1-7-5-11(8(2)4-10(7)14)18-13-6-12(15)16-9(3)17-13/h4-6H,1-3H3,(H,16,17,18). The number of benzene rings is 1. The molecular formula is C13H13Cl2N3. The van der Waals surface area contributed by atoms with Crippen LogP contribution in [0.3, 0.4) is 0 Å². The van der Waals surface area contributed by atoms with Gasteiger partial charge in [0.05, 0.1) is 0 Å². The summed E-state index contributed by atoms with van der Waals surface area (Å²) in [6, 6.07) is 5.61. The molecule has 0 fully saturated rings. The molecule has 0 amide bonds. The van der Waals surface area contributed by atoms with E-state index in [-0.39, 0.29) is 0 Å². The lowest BCUT2D eigenvalue weighted by Crippen LogP contribution is -1.99. The number of rotatable bonds is 2. The monoisotopic (exact) mass is 281 g/mol. The molecule has 0 aliphatic heterocycles. The third kappa shape index (κ3) is 2.92. The van der Waals surface area contributed by atoms with Crippen LogP contribution in [0.25, 0.3) is 0 Å². The zero-order valence-electron chi connectivity index (χ0n) is 10.4. The number of hydrogen-bond acceptors (Lipinski definition) is 3. The summed E-state index contributed by atoms with van der Waals surface area (Å²) < 4.78 is 0. The Morgan fingerprint density at radius 1 is 0.944 bits per heavy atom. The van der Waals surface area contributed by atoms with Gasteiger partial charge in [-0.05, 0) is 44.0 Å². The maximum atomic E-state index is 6.06. The van der Waals surface area contributed by atoms with Gasteiger partial charge < -0.3 is 5.32 Å². The minimum atomic E-state index is 0.424. The number of nitrogens with one attached hydrogen (secondary N) is 1. The summed E-state index contributed by atoms with van der Waals surface area (Å²) in [4.78, 5) is 8.31. The second-order valence-corrected chi connectivity index (χ2v) is 4.96. The molecule has 1 aromatic heterocycles. The number of hydrogen-bond donors (Lipinski definition) is 1. The molecular weight excluding hydrogens is 269 g/mol. The van der Waals surface area contributed by atoms with Crippen LogP contribution in [-0.2, 0) is 0 Å². The van der Waals surface area contributed by atoms with E-state index < -0.39 is 0 Å². The fourth-order valence-electron chi connectivity index (χ4n) is 1.65. The fraction of sp³-hybridized carbons (Fsp3) is 0.231. The Morgan fingerprint density at radius 2 is 1.67 bits per heavy atom. The molecule has 1 aromatic carbocycles. The van der Waals surface area contributed by atoms with Crippen LogP contribution < -0.4 is 5.32 Å². The summed E-state index contributed by atoms with van der Waals surface area (Å²) in [5.41, 5.74) is 3.03. The minimum Gasteiger partial charge on any atom is -0.340 e. The van der Waals surface area contributed by atoms with E-state index in [1.807, 2.05) is 26.0 Å². The Kier molecular flexibility index (Phi) is 3.73. The molecule has 0 saturated heterocycles. The molecule has 1 N–H and O–H groups in total. The van der Waals surface area contributed by atoms with Gasteiger partial charge in [0.15, 0.2) is 0 Å². The second kappa shape index (κ2) is 5.12. The number of halogens is 2. The minimum absolute atomic E-state index is 0.424. The van der Waals surface area contributed by atoms with Crippen molar-refractivity contribution in [3.63, 3.8) is 0 Å².